The number of furan rings is 1. The van der Waals surface area contributed by atoms with E-state index in [-0.39, 0.29) is 35.9 Å². The quantitative estimate of drug-likeness (QED) is 0.0904. The van der Waals surface area contributed by atoms with Crippen molar-refractivity contribution >= 4 is 38.5 Å². The van der Waals surface area contributed by atoms with Crippen LogP contribution in [0.1, 0.15) is 67.1 Å². The molecular weight excluding hydrogens is 623 g/mol. The van der Waals surface area contributed by atoms with E-state index in [9.17, 15) is 18.0 Å². The molecule has 48 heavy (non-hydrogen) atoms. The third kappa shape index (κ3) is 10.2. The molecule has 8 heteroatoms. The van der Waals surface area contributed by atoms with Crippen LogP contribution in [0.5, 0.6) is 0 Å². The average molecular weight is 666 g/mol. The first-order valence-corrected chi connectivity index (χ1v) is 18.0. The lowest BCUT2D eigenvalue weighted by Gasteiger charge is -2.19. The summed E-state index contributed by atoms with van der Waals surface area (Å²) >= 11 is 0. The fourth-order valence-electron chi connectivity index (χ4n) is 5.66. The molecule has 2 N–H and O–H groups in total. The Balaban J connectivity index is 1.29. The number of rotatable bonds is 14. The monoisotopic (exact) mass is 665 g/mol. The zero-order chi connectivity index (χ0) is 34.3. The molecule has 1 aromatic heterocycles. The summed E-state index contributed by atoms with van der Waals surface area (Å²) in [4.78, 5) is 26.4. The summed E-state index contributed by atoms with van der Waals surface area (Å²) in [6.45, 7) is 6.72. The first-order chi connectivity index (χ1) is 22.8. The zero-order valence-corrected chi connectivity index (χ0v) is 28.6. The van der Waals surface area contributed by atoms with Gasteiger partial charge in [0.15, 0.2) is 5.78 Å². The van der Waals surface area contributed by atoms with E-state index in [1.165, 1.54) is 5.56 Å². The van der Waals surface area contributed by atoms with Gasteiger partial charge in [0.25, 0.3) is 10.1 Å². The molecule has 1 heterocycles. The van der Waals surface area contributed by atoms with Crippen LogP contribution in [0.3, 0.4) is 0 Å². The molecule has 0 fully saturated rings. The van der Waals surface area contributed by atoms with E-state index in [4.69, 9.17) is 8.97 Å². The second-order valence-corrected chi connectivity index (χ2v) is 15.3. The van der Waals surface area contributed by atoms with Gasteiger partial charge in [-0.2, -0.15) is 8.42 Å². The standard InChI is InChI=1S/C40H43NO6S/c1-40(2,3)23-22-28-10-12-29(13-11-28)25-34(26-30-14-16-31(17-15-30)36(42)8-6-24-48(44,45)46)39(43)41-35-20-18-32(19-21-35)38-27-33-7-4-5-9-37(33)47-38/h4-5,7,9-21,27,34H,6,8,22-26H2,1-3H3,(H,41,43)(H,44,45,46). The van der Waals surface area contributed by atoms with Crippen molar-refractivity contribution in [3.8, 4) is 11.3 Å². The second kappa shape index (κ2) is 15.1. The van der Waals surface area contributed by atoms with Crippen LogP contribution in [0.15, 0.2) is 108 Å². The summed E-state index contributed by atoms with van der Waals surface area (Å²) in [5, 5.41) is 4.14. The molecule has 0 aliphatic heterocycles. The van der Waals surface area contributed by atoms with Crippen LogP contribution in [-0.4, -0.2) is 30.4 Å². The number of amides is 1. The zero-order valence-electron chi connectivity index (χ0n) is 27.7. The summed E-state index contributed by atoms with van der Waals surface area (Å²) in [6, 6.07) is 33.1. The molecule has 0 saturated heterocycles. The fraction of sp³-hybridized carbons (Fsp3) is 0.300. The molecular formula is C40H43NO6S. The maximum atomic E-state index is 13.8. The maximum Gasteiger partial charge on any atom is 0.264 e. The Morgan fingerprint density at radius 3 is 2.02 bits per heavy atom. The lowest BCUT2D eigenvalue weighted by Crippen LogP contribution is -2.26. The minimum Gasteiger partial charge on any atom is -0.456 e. The number of Topliss-reactive ketones (excluding diaryl/α,β-unsaturated/α-hetero) is 1. The van der Waals surface area contributed by atoms with Gasteiger partial charge in [-0.25, -0.2) is 0 Å². The molecule has 0 saturated carbocycles. The van der Waals surface area contributed by atoms with E-state index in [1.54, 1.807) is 12.1 Å². The molecule has 250 valence electrons. The van der Waals surface area contributed by atoms with Gasteiger partial charge in [-0.15, -0.1) is 0 Å². The van der Waals surface area contributed by atoms with Crippen LogP contribution in [0.2, 0.25) is 0 Å². The highest BCUT2D eigenvalue weighted by Crippen LogP contribution is 2.29. The minimum atomic E-state index is -4.11. The number of carbonyl (C=O) groups excluding carboxylic acids is 2. The number of benzene rings is 4. The van der Waals surface area contributed by atoms with Crippen molar-refractivity contribution < 1.29 is 27.0 Å². The Morgan fingerprint density at radius 1 is 0.812 bits per heavy atom. The molecule has 0 bridgehead atoms. The Kier molecular flexibility index (Phi) is 11.0. The van der Waals surface area contributed by atoms with Crippen LogP contribution in [0, 0.1) is 11.3 Å². The smallest absolute Gasteiger partial charge is 0.264 e. The predicted molar refractivity (Wildman–Crippen MR) is 192 cm³/mol. The second-order valence-electron chi connectivity index (χ2n) is 13.7. The summed E-state index contributed by atoms with van der Waals surface area (Å²) in [7, 11) is -4.11. The Hall–Kier alpha value is -4.53. The van der Waals surface area contributed by atoms with Crippen molar-refractivity contribution in [2.24, 2.45) is 11.3 Å². The largest absolute Gasteiger partial charge is 0.456 e. The van der Waals surface area contributed by atoms with Gasteiger partial charge in [0.05, 0.1) is 5.75 Å². The van der Waals surface area contributed by atoms with Crippen molar-refractivity contribution in [1.82, 2.24) is 0 Å². The molecule has 1 amide bonds. The number of fused-ring (bicyclic) bond motifs is 1. The average Bonchev–Trinajstić information content (AvgIpc) is 3.48. The highest BCUT2D eigenvalue weighted by Gasteiger charge is 2.21. The van der Waals surface area contributed by atoms with Crippen LogP contribution >= 0.6 is 0 Å². The van der Waals surface area contributed by atoms with Crippen LogP contribution in [0.25, 0.3) is 22.3 Å². The SMILES string of the molecule is CC(C)(C)CCc1ccc(CC(Cc2ccc(C(=O)CCCS(=O)(=O)O)cc2)C(=O)Nc2ccc(-c3cc4ccccc4o3)cc2)cc1. The Morgan fingerprint density at radius 2 is 1.42 bits per heavy atom. The van der Waals surface area contributed by atoms with E-state index in [0.29, 0.717) is 24.1 Å². The number of aryl methyl sites for hydroxylation is 1. The first kappa shape index (κ1) is 34.8. The van der Waals surface area contributed by atoms with Gasteiger partial charge in [0.2, 0.25) is 5.91 Å². The van der Waals surface area contributed by atoms with E-state index < -0.39 is 15.9 Å². The molecule has 1 atom stereocenters. The van der Waals surface area contributed by atoms with E-state index in [1.807, 2.05) is 66.7 Å². The van der Waals surface area contributed by atoms with Crippen LogP contribution < -0.4 is 5.32 Å². The highest BCUT2D eigenvalue weighted by atomic mass is 32.2. The fourth-order valence-corrected chi connectivity index (χ4v) is 6.17. The number of hydrogen-bond acceptors (Lipinski definition) is 5. The molecule has 0 radical (unpaired) electrons. The van der Waals surface area contributed by atoms with Crippen molar-refractivity contribution in [3.05, 3.63) is 125 Å². The molecule has 0 aliphatic carbocycles. The maximum absolute atomic E-state index is 13.8. The number of para-hydroxylation sites is 1. The molecule has 4 aromatic carbocycles. The van der Waals surface area contributed by atoms with Gasteiger partial charge in [-0.1, -0.05) is 87.5 Å². The van der Waals surface area contributed by atoms with E-state index in [2.05, 4.69) is 50.4 Å². The van der Waals surface area contributed by atoms with Gasteiger partial charge in [-0.3, -0.25) is 14.1 Å². The number of hydrogen-bond donors (Lipinski definition) is 2. The third-order valence-corrected chi connectivity index (χ3v) is 9.27. The van der Waals surface area contributed by atoms with Gasteiger partial charge < -0.3 is 9.73 Å². The van der Waals surface area contributed by atoms with E-state index in [0.717, 1.165) is 46.3 Å². The third-order valence-electron chi connectivity index (χ3n) is 8.47. The number of carbonyl (C=O) groups is 2. The molecule has 0 spiro atoms. The lowest BCUT2D eigenvalue weighted by atomic mass is 9.88. The first-order valence-electron chi connectivity index (χ1n) is 16.4. The molecule has 7 nitrogen and oxygen atoms in total. The van der Waals surface area contributed by atoms with Crippen molar-refractivity contribution in [2.45, 2.75) is 59.3 Å². The summed E-state index contributed by atoms with van der Waals surface area (Å²) in [6.07, 6.45) is 3.16. The predicted octanol–water partition coefficient (Wildman–Crippen LogP) is 8.97. The van der Waals surface area contributed by atoms with Gasteiger partial charge in [0.1, 0.15) is 11.3 Å². The molecule has 1 unspecified atom stereocenters. The number of ketones is 1. The van der Waals surface area contributed by atoms with Gasteiger partial charge in [0, 0.05) is 34.5 Å². The van der Waals surface area contributed by atoms with Crippen LogP contribution in [-0.2, 0) is 34.2 Å². The molecule has 0 aliphatic rings. The summed E-state index contributed by atoms with van der Waals surface area (Å²) < 4.78 is 36.9. The summed E-state index contributed by atoms with van der Waals surface area (Å²) in [5.74, 6) is -0.366. The Labute approximate surface area is 283 Å². The lowest BCUT2D eigenvalue weighted by molar-refractivity contribution is -0.119. The van der Waals surface area contributed by atoms with Crippen molar-refractivity contribution in [2.75, 3.05) is 11.1 Å². The van der Waals surface area contributed by atoms with Crippen molar-refractivity contribution in [3.63, 3.8) is 0 Å². The number of nitrogens with one attached hydrogen (secondary N) is 1. The van der Waals surface area contributed by atoms with Gasteiger partial charge >= 0.3 is 0 Å². The topological polar surface area (TPSA) is 114 Å². The summed E-state index contributed by atoms with van der Waals surface area (Å²) in [5.41, 5.74) is 6.40. The highest BCUT2D eigenvalue weighted by molar-refractivity contribution is 7.85. The number of anilines is 1. The van der Waals surface area contributed by atoms with Crippen molar-refractivity contribution in [1.29, 1.82) is 0 Å². The molecule has 5 rings (SSSR count). The Bertz CT molecular complexity index is 1920. The minimum absolute atomic E-state index is 0.0189. The van der Waals surface area contributed by atoms with Gasteiger partial charge in [-0.05, 0) is 90.6 Å². The normalized spacial score (nSPS) is 12.6. The molecule has 5 aromatic rings. The van der Waals surface area contributed by atoms with Crippen LogP contribution in [0.4, 0.5) is 5.69 Å². The van der Waals surface area contributed by atoms with E-state index >= 15 is 0 Å².